The zero-order valence-electron chi connectivity index (χ0n) is 13.6. The van der Waals surface area contributed by atoms with E-state index in [-0.39, 0.29) is 0 Å². The average Bonchev–Trinajstić information content (AvgIpc) is 2.70. The third kappa shape index (κ3) is 3.14. The van der Waals surface area contributed by atoms with Crippen molar-refractivity contribution in [1.82, 2.24) is 15.2 Å². The minimum Gasteiger partial charge on any atom is -0.256 e. The fourth-order valence-corrected chi connectivity index (χ4v) is 3.59. The SMILES string of the molecule is Clc1nnc(-c2ccccc2Br)c(-c2ccccc2)c1-c1ccccn1. The monoisotopic (exact) mass is 421 g/mol. The van der Waals surface area contributed by atoms with E-state index >= 15 is 0 Å². The molecule has 0 amide bonds. The van der Waals surface area contributed by atoms with Gasteiger partial charge in [0.05, 0.1) is 5.69 Å². The van der Waals surface area contributed by atoms with Crippen LogP contribution in [-0.4, -0.2) is 15.2 Å². The van der Waals surface area contributed by atoms with E-state index in [4.69, 9.17) is 11.6 Å². The van der Waals surface area contributed by atoms with Crippen molar-refractivity contribution < 1.29 is 0 Å². The lowest BCUT2D eigenvalue weighted by Crippen LogP contribution is -1.99. The molecule has 0 aliphatic carbocycles. The Balaban J connectivity index is 2.10. The molecule has 4 rings (SSSR count). The lowest BCUT2D eigenvalue weighted by Gasteiger charge is -2.15. The summed E-state index contributed by atoms with van der Waals surface area (Å²) in [7, 11) is 0. The van der Waals surface area contributed by atoms with Crippen LogP contribution in [0.25, 0.3) is 33.6 Å². The van der Waals surface area contributed by atoms with E-state index in [1.807, 2.05) is 72.8 Å². The van der Waals surface area contributed by atoms with Crippen molar-refractivity contribution >= 4 is 27.5 Å². The Morgan fingerprint density at radius 3 is 2.19 bits per heavy atom. The highest BCUT2D eigenvalue weighted by Gasteiger charge is 2.21. The summed E-state index contributed by atoms with van der Waals surface area (Å²) in [4.78, 5) is 4.49. The van der Waals surface area contributed by atoms with E-state index in [1.54, 1.807) is 6.20 Å². The van der Waals surface area contributed by atoms with Crippen molar-refractivity contribution in [3.05, 3.63) is 88.6 Å². The number of hydrogen-bond acceptors (Lipinski definition) is 3. The van der Waals surface area contributed by atoms with E-state index < -0.39 is 0 Å². The molecule has 5 heteroatoms. The largest absolute Gasteiger partial charge is 0.256 e. The molecule has 0 saturated heterocycles. The van der Waals surface area contributed by atoms with Crippen molar-refractivity contribution in [3.63, 3.8) is 0 Å². The average molecular weight is 423 g/mol. The van der Waals surface area contributed by atoms with Crippen molar-refractivity contribution in [2.75, 3.05) is 0 Å². The molecule has 126 valence electrons. The van der Waals surface area contributed by atoms with Crippen LogP contribution < -0.4 is 0 Å². The third-order valence-electron chi connectivity index (χ3n) is 4.04. The molecule has 0 bridgehead atoms. The number of pyridine rings is 1. The molecule has 0 unspecified atom stereocenters. The first-order valence-electron chi connectivity index (χ1n) is 8.03. The van der Waals surface area contributed by atoms with Crippen LogP contribution in [0, 0.1) is 0 Å². The van der Waals surface area contributed by atoms with Crippen LogP contribution >= 0.6 is 27.5 Å². The van der Waals surface area contributed by atoms with Crippen LogP contribution in [0.3, 0.4) is 0 Å². The zero-order valence-corrected chi connectivity index (χ0v) is 15.9. The van der Waals surface area contributed by atoms with Gasteiger partial charge in [0.1, 0.15) is 5.69 Å². The van der Waals surface area contributed by atoms with Crippen LogP contribution in [0.5, 0.6) is 0 Å². The number of benzene rings is 2. The standard InChI is InChI=1S/C21H13BrClN3/c22-16-11-5-4-10-15(16)20-18(14-8-2-1-3-9-14)19(21(23)26-25-20)17-12-6-7-13-24-17/h1-13H. The Morgan fingerprint density at radius 1 is 0.731 bits per heavy atom. The Morgan fingerprint density at radius 2 is 1.46 bits per heavy atom. The van der Waals surface area contributed by atoms with Gasteiger partial charge < -0.3 is 0 Å². The van der Waals surface area contributed by atoms with E-state index in [2.05, 4.69) is 31.1 Å². The number of halogens is 2. The van der Waals surface area contributed by atoms with Crippen LogP contribution in [0.4, 0.5) is 0 Å². The summed E-state index contributed by atoms with van der Waals surface area (Å²) in [6.45, 7) is 0. The predicted octanol–water partition coefficient (Wildman–Crippen LogP) is 6.29. The van der Waals surface area contributed by atoms with Crippen molar-refractivity contribution in [1.29, 1.82) is 0 Å². The number of aromatic nitrogens is 3. The first kappa shape index (κ1) is 16.9. The van der Waals surface area contributed by atoms with E-state index in [1.165, 1.54) is 0 Å². The normalized spacial score (nSPS) is 10.7. The summed E-state index contributed by atoms with van der Waals surface area (Å²) in [6, 6.07) is 23.7. The van der Waals surface area contributed by atoms with Crippen LogP contribution in [0.1, 0.15) is 0 Å². The number of hydrogen-bond donors (Lipinski definition) is 0. The van der Waals surface area contributed by atoms with Gasteiger partial charge >= 0.3 is 0 Å². The van der Waals surface area contributed by atoms with Gasteiger partial charge in [0.15, 0.2) is 5.15 Å². The van der Waals surface area contributed by atoms with Crippen molar-refractivity contribution in [2.24, 2.45) is 0 Å². The molecule has 2 aromatic heterocycles. The molecular weight excluding hydrogens is 410 g/mol. The second-order valence-electron chi connectivity index (χ2n) is 5.65. The van der Waals surface area contributed by atoms with Gasteiger partial charge in [-0.3, -0.25) is 4.98 Å². The summed E-state index contributed by atoms with van der Waals surface area (Å²) >= 11 is 10.1. The van der Waals surface area contributed by atoms with E-state index in [0.717, 1.165) is 38.1 Å². The fraction of sp³-hybridized carbons (Fsp3) is 0. The molecule has 26 heavy (non-hydrogen) atoms. The molecule has 2 heterocycles. The van der Waals surface area contributed by atoms with Crippen molar-refractivity contribution in [3.8, 4) is 33.6 Å². The quantitative estimate of drug-likeness (QED) is 0.389. The molecule has 2 aromatic carbocycles. The van der Waals surface area contributed by atoms with Gasteiger partial charge in [-0.2, -0.15) is 0 Å². The van der Waals surface area contributed by atoms with Crippen LogP contribution in [0.2, 0.25) is 5.15 Å². The highest BCUT2D eigenvalue weighted by atomic mass is 79.9. The Bertz CT molecular complexity index is 1050. The highest BCUT2D eigenvalue weighted by molar-refractivity contribution is 9.10. The zero-order chi connectivity index (χ0) is 17.9. The molecular formula is C21H13BrClN3. The van der Waals surface area contributed by atoms with Gasteiger partial charge in [-0.25, -0.2) is 0 Å². The summed E-state index contributed by atoms with van der Waals surface area (Å²) in [5.41, 5.74) is 5.17. The molecule has 3 nitrogen and oxygen atoms in total. The van der Waals surface area contributed by atoms with Gasteiger partial charge in [-0.15, -0.1) is 10.2 Å². The summed E-state index contributed by atoms with van der Waals surface area (Å²) in [5, 5.41) is 8.98. The Hall–Kier alpha value is -2.56. The molecule has 0 fully saturated rings. The van der Waals surface area contributed by atoms with Gasteiger partial charge in [0.2, 0.25) is 0 Å². The fourth-order valence-electron chi connectivity index (χ4n) is 2.89. The molecule has 0 aliphatic heterocycles. The van der Waals surface area contributed by atoms with E-state index in [9.17, 15) is 0 Å². The second kappa shape index (κ2) is 7.36. The first-order valence-corrected chi connectivity index (χ1v) is 9.20. The summed E-state index contributed by atoms with van der Waals surface area (Å²) in [6.07, 6.45) is 1.75. The van der Waals surface area contributed by atoms with Crippen molar-refractivity contribution in [2.45, 2.75) is 0 Å². The molecule has 0 atom stereocenters. The van der Waals surface area contributed by atoms with E-state index in [0.29, 0.717) is 5.15 Å². The molecule has 0 radical (unpaired) electrons. The number of nitrogens with zero attached hydrogens (tertiary/aromatic N) is 3. The molecule has 0 N–H and O–H groups in total. The highest BCUT2D eigenvalue weighted by Crippen LogP contribution is 2.42. The molecule has 4 aromatic rings. The Kier molecular flexibility index (Phi) is 4.78. The summed E-state index contributed by atoms with van der Waals surface area (Å²) < 4.78 is 0.945. The minimum absolute atomic E-state index is 0.332. The van der Waals surface area contributed by atoms with Gasteiger partial charge in [0.25, 0.3) is 0 Å². The van der Waals surface area contributed by atoms with Crippen LogP contribution in [-0.2, 0) is 0 Å². The predicted molar refractivity (Wildman–Crippen MR) is 109 cm³/mol. The lowest BCUT2D eigenvalue weighted by molar-refractivity contribution is 1.04. The van der Waals surface area contributed by atoms with Crippen LogP contribution in [0.15, 0.2) is 83.5 Å². The smallest absolute Gasteiger partial charge is 0.161 e. The molecule has 0 saturated carbocycles. The van der Waals surface area contributed by atoms with Gasteiger partial charge in [-0.05, 0) is 23.8 Å². The topological polar surface area (TPSA) is 38.7 Å². The van der Waals surface area contributed by atoms with Gasteiger partial charge in [0, 0.05) is 27.4 Å². The number of rotatable bonds is 3. The lowest BCUT2D eigenvalue weighted by atomic mass is 9.94. The third-order valence-corrected chi connectivity index (χ3v) is 5.00. The van der Waals surface area contributed by atoms with Gasteiger partial charge in [-0.1, -0.05) is 82.1 Å². The molecule has 0 aliphatic rings. The second-order valence-corrected chi connectivity index (χ2v) is 6.86. The first-order chi connectivity index (χ1) is 12.8. The minimum atomic E-state index is 0.332. The maximum Gasteiger partial charge on any atom is 0.161 e. The molecule has 0 spiro atoms. The summed E-state index contributed by atoms with van der Waals surface area (Å²) in [5.74, 6) is 0. The Labute approximate surface area is 164 Å². The maximum absolute atomic E-state index is 6.49. The maximum atomic E-state index is 6.49.